The Morgan fingerprint density at radius 3 is 2.41 bits per heavy atom. The van der Waals surface area contributed by atoms with E-state index in [1.54, 1.807) is 6.07 Å². The van der Waals surface area contributed by atoms with Gasteiger partial charge in [0.25, 0.3) is 5.91 Å². The summed E-state index contributed by atoms with van der Waals surface area (Å²) in [6.07, 6.45) is 1.30. The average molecular weight is 504 g/mol. The number of carbonyl (C=O) groups is 3. The van der Waals surface area contributed by atoms with Gasteiger partial charge in [0.1, 0.15) is 23.1 Å². The third-order valence-corrected chi connectivity index (χ3v) is 6.01. The Morgan fingerprint density at radius 2 is 1.70 bits per heavy atom. The predicted octanol–water partition coefficient (Wildman–Crippen LogP) is 3.28. The van der Waals surface area contributed by atoms with E-state index in [0.717, 1.165) is 0 Å². The summed E-state index contributed by atoms with van der Waals surface area (Å²) in [7, 11) is 0. The second kappa shape index (κ2) is 10.5. The lowest BCUT2D eigenvalue weighted by Gasteiger charge is -2.18. The van der Waals surface area contributed by atoms with Gasteiger partial charge in [-0.3, -0.25) is 9.59 Å². The largest absolute Gasteiger partial charge is 0.508 e. The number of carboxylic acid groups (broad SMARTS) is 2. The van der Waals surface area contributed by atoms with Crippen LogP contribution in [-0.2, 0) is 4.79 Å². The summed E-state index contributed by atoms with van der Waals surface area (Å²) < 4.78 is 5.80. The van der Waals surface area contributed by atoms with Gasteiger partial charge in [-0.15, -0.1) is 0 Å². The van der Waals surface area contributed by atoms with Gasteiger partial charge in [-0.2, -0.15) is 0 Å². The van der Waals surface area contributed by atoms with Crippen LogP contribution in [0.4, 0.5) is 0 Å². The molecule has 190 valence electrons. The van der Waals surface area contributed by atoms with E-state index in [1.165, 1.54) is 48.5 Å². The average Bonchev–Trinajstić information content (AvgIpc) is 2.86. The number of hydrogen-bond acceptors (Lipinski definition) is 7. The maximum Gasteiger partial charge on any atom is 0.336 e. The Morgan fingerprint density at radius 1 is 0.946 bits per heavy atom. The van der Waals surface area contributed by atoms with Crippen molar-refractivity contribution in [1.29, 1.82) is 0 Å². The molecule has 0 radical (unpaired) electrons. The summed E-state index contributed by atoms with van der Waals surface area (Å²) in [5.41, 5.74) is 6.27. The van der Waals surface area contributed by atoms with E-state index in [2.05, 4.69) is 5.32 Å². The fraction of sp³-hybridized carbons (Fsp3) is 0.185. The fourth-order valence-corrected chi connectivity index (χ4v) is 4.22. The molecular formula is C27H24N2O8. The number of carbonyl (C=O) groups excluding carboxylic acids is 1. The Kier molecular flexibility index (Phi) is 7.21. The maximum atomic E-state index is 12.8. The molecule has 6 N–H and O–H groups in total. The fourth-order valence-electron chi connectivity index (χ4n) is 4.22. The molecule has 0 saturated heterocycles. The van der Waals surface area contributed by atoms with Crippen LogP contribution in [0, 0.1) is 0 Å². The third kappa shape index (κ3) is 5.29. The zero-order valence-corrected chi connectivity index (χ0v) is 19.6. The number of aromatic hydroxyl groups is 1. The first-order chi connectivity index (χ1) is 17.7. The van der Waals surface area contributed by atoms with Crippen LogP contribution in [0.3, 0.4) is 0 Å². The van der Waals surface area contributed by atoms with Crippen molar-refractivity contribution in [2.45, 2.75) is 25.3 Å². The Labute approximate surface area is 210 Å². The maximum absolute atomic E-state index is 12.8. The molecule has 4 rings (SSSR count). The molecule has 2 aliphatic rings. The highest BCUT2D eigenvalue weighted by Gasteiger charge is 2.25. The Balaban J connectivity index is 1.83. The van der Waals surface area contributed by atoms with E-state index in [9.17, 15) is 34.5 Å². The second-order valence-corrected chi connectivity index (χ2v) is 8.53. The van der Waals surface area contributed by atoms with E-state index in [0.29, 0.717) is 35.9 Å². The molecule has 0 spiro atoms. The quantitative estimate of drug-likeness (QED) is 0.169. The number of nitrogens with one attached hydrogen (secondary N) is 1. The van der Waals surface area contributed by atoms with Crippen molar-refractivity contribution in [3.05, 3.63) is 75.9 Å². The van der Waals surface area contributed by atoms with Gasteiger partial charge < -0.3 is 30.8 Å². The first kappa shape index (κ1) is 25.4. The van der Waals surface area contributed by atoms with E-state index >= 15 is 0 Å². The SMILES string of the molecule is NCCCCC(NC(=O)c1ccc(-c2c3ccc(=O)cc-3oc3cc(O)ccc23)c(C(=O)O)c1)C(=O)O. The second-order valence-electron chi connectivity index (χ2n) is 8.53. The summed E-state index contributed by atoms with van der Waals surface area (Å²) in [5, 5.41) is 32.3. The Bertz CT molecular complexity index is 1540. The highest BCUT2D eigenvalue weighted by molar-refractivity contribution is 6.09. The molecule has 0 aromatic heterocycles. The van der Waals surface area contributed by atoms with Gasteiger partial charge in [0.15, 0.2) is 5.43 Å². The zero-order chi connectivity index (χ0) is 26.7. The van der Waals surface area contributed by atoms with Gasteiger partial charge in [0, 0.05) is 34.2 Å². The van der Waals surface area contributed by atoms with Crippen LogP contribution in [0.25, 0.3) is 33.4 Å². The van der Waals surface area contributed by atoms with Crippen LogP contribution >= 0.6 is 0 Å². The number of hydrogen-bond donors (Lipinski definition) is 5. The standard InChI is InChI=1S/C27H24N2O8/c28-10-2-1-3-21(27(35)36)29-25(32)14-4-7-17(20(11-14)26(33)34)24-18-8-5-15(30)12-22(18)37-23-13-16(31)6-9-19(23)24/h4-9,11-13,21,30H,1-3,10,28H2,(H,29,32)(H,33,34)(H,35,36). The number of nitrogens with two attached hydrogens (primary N) is 1. The molecule has 10 nitrogen and oxygen atoms in total. The van der Waals surface area contributed by atoms with Crippen LogP contribution in [0.15, 0.2) is 63.8 Å². The highest BCUT2D eigenvalue weighted by atomic mass is 16.4. The Hall–Kier alpha value is -4.70. The van der Waals surface area contributed by atoms with Crippen molar-refractivity contribution in [1.82, 2.24) is 5.32 Å². The number of unbranched alkanes of at least 4 members (excludes halogenated alkanes) is 1. The van der Waals surface area contributed by atoms with Crippen molar-refractivity contribution in [3.63, 3.8) is 0 Å². The summed E-state index contributed by atoms with van der Waals surface area (Å²) >= 11 is 0. The summed E-state index contributed by atoms with van der Waals surface area (Å²) in [5.74, 6) is -3.13. The van der Waals surface area contributed by atoms with Gasteiger partial charge in [-0.1, -0.05) is 6.07 Å². The topological polar surface area (TPSA) is 180 Å². The highest BCUT2D eigenvalue weighted by Crippen LogP contribution is 2.42. The molecule has 10 heteroatoms. The van der Waals surface area contributed by atoms with Crippen LogP contribution in [0.2, 0.25) is 0 Å². The normalized spacial score (nSPS) is 11.9. The van der Waals surface area contributed by atoms with Crippen LogP contribution in [0.5, 0.6) is 5.75 Å². The van der Waals surface area contributed by atoms with Crippen molar-refractivity contribution < 1.29 is 34.1 Å². The first-order valence-corrected chi connectivity index (χ1v) is 11.5. The lowest BCUT2D eigenvalue weighted by atomic mass is 9.89. The lowest BCUT2D eigenvalue weighted by molar-refractivity contribution is -0.139. The van der Waals surface area contributed by atoms with Gasteiger partial charge in [0.2, 0.25) is 0 Å². The number of phenols is 1. The minimum absolute atomic E-state index is 0.0278. The molecule has 1 atom stereocenters. The minimum Gasteiger partial charge on any atom is -0.508 e. The lowest BCUT2D eigenvalue weighted by Crippen LogP contribution is -2.40. The predicted molar refractivity (Wildman–Crippen MR) is 135 cm³/mol. The smallest absolute Gasteiger partial charge is 0.336 e. The zero-order valence-electron chi connectivity index (χ0n) is 19.6. The number of aromatic carboxylic acids is 1. The summed E-state index contributed by atoms with van der Waals surface area (Å²) in [6.45, 7) is 0.398. The van der Waals surface area contributed by atoms with Crippen molar-refractivity contribution in [2.24, 2.45) is 5.73 Å². The molecule has 0 saturated carbocycles. The van der Waals surface area contributed by atoms with Gasteiger partial charge in [0.05, 0.1) is 5.56 Å². The molecule has 1 aliphatic carbocycles. The number of amides is 1. The third-order valence-electron chi connectivity index (χ3n) is 6.01. The molecular weight excluding hydrogens is 480 g/mol. The van der Waals surface area contributed by atoms with Gasteiger partial charge in [-0.05, 0) is 67.8 Å². The first-order valence-electron chi connectivity index (χ1n) is 11.5. The molecule has 2 aromatic rings. The molecule has 1 unspecified atom stereocenters. The van der Waals surface area contributed by atoms with Crippen LogP contribution in [-0.4, -0.2) is 45.8 Å². The van der Waals surface area contributed by atoms with Gasteiger partial charge >= 0.3 is 11.9 Å². The molecule has 1 amide bonds. The molecule has 1 aliphatic heterocycles. The number of rotatable bonds is 9. The van der Waals surface area contributed by atoms with Gasteiger partial charge in [-0.25, -0.2) is 9.59 Å². The summed E-state index contributed by atoms with van der Waals surface area (Å²) in [6, 6.07) is 11.3. The monoisotopic (exact) mass is 504 g/mol. The van der Waals surface area contributed by atoms with Crippen molar-refractivity contribution in [3.8, 4) is 28.2 Å². The van der Waals surface area contributed by atoms with E-state index in [4.69, 9.17) is 10.2 Å². The minimum atomic E-state index is -1.32. The number of benzene rings is 3. The number of fused-ring (bicyclic) bond motifs is 2. The van der Waals surface area contributed by atoms with E-state index in [1.807, 2.05) is 0 Å². The van der Waals surface area contributed by atoms with E-state index in [-0.39, 0.29) is 45.6 Å². The molecule has 37 heavy (non-hydrogen) atoms. The van der Waals surface area contributed by atoms with Crippen LogP contribution in [0.1, 0.15) is 40.0 Å². The summed E-state index contributed by atoms with van der Waals surface area (Å²) in [4.78, 5) is 48.7. The molecule has 2 aromatic carbocycles. The number of carboxylic acids is 2. The molecule has 0 bridgehead atoms. The molecule has 0 fully saturated rings. The van der Waals surface area contributed by atoms with Crippen molar-refractivity contribution in [2.75, 3.05) is 6.54 Å². The number of aliphatic carboxylic acids is 1. The van der Waals surface area contributed by atoms with E-state index < -0.39 is 23.9 Å². The molecule has 1 heterocycles. The van der Waals surface area contributed by atoms with Crippen LogP contribution < -0.4 is 16.5 Å². The number of phenolic OH excluding ortho intramolecular Hbond substituents is 1. The van der Waals surface area contributed by atoms with Crippen molar-refractivity contribution >= 4 is 28.8 Å².